The zero-order chi connectivity index (χ0) is 11.5. The smallest absolute Gasteiger partial charge is 0.198 e. The molecule has 88 valence electrons. The van der Waals surface area contributed by atoms with Crippen LogP contribution in [0, 0.1) is 5.92 Å². The van der Waals surface area contributed by atoms with Crippen LogP contribution in [0.4, 0.5) is 5.82 Å². The van der Waals surface area contributed by atoms with E-state index in [-0.39, 0.29) is 0 Å². The summed E-state index contributed by atoms with van der Waals surface area (Å²) in [5.74, 6) is 2.08. The number of ether oxygens (including phenoxy) is 1. The van der Waals surface area contributed by atoms with Crippen LogP contribution in [-0.4, -0.2) is 23.1 Å². The Balaban J connectivity index is 2.04. The highest BCUT2D eigenvalue weighted by Gasteiger charge is 2.24. The quantitative estimate of drug-likeness (QED) is 0.806. The van der Waals surface area contributed by atoms with Gasteiger partial charge in [-0.25, -0.2) is 9.97 Å². The predicted octanol–water partition coefficient (Wildman–Crippen LogP) is 2.74. The van der Waals surface area contributed by atoms with Crippen LogP contribution < -0.4 is 10.1 Å². The SMILES string of the molecule is COc1c(Cl)ncnc1NC(C)CC1CC1. The van der Waals surface area contributed by atoms with E-state index in [4.69, 9.17) is 16.3 Å². The summed E-state index contributed by atoms with van der Waals surface area (Å²) in [4.78, 5) is 8.03. The summed E-state index contributed by atoms with van der Waals surface area (Å²) in [6.07, 6.45) is 5.32. The molecule has 0 aliphatic heterocycles. The lowest BCUT2D eigenvalue weighted by Crippen LogP contribution is -2.17. The number of hydrogen-bond donors (Lipinski definition) is 1. The highest BCUT2D eigenvalue weighted by molar-refractivity contribution is 6.31. The first-order valence-corrected chi connectivity index (χ1v) is 5.89. The summed E-state index contributed by atoms with van der Waals surface area (Å²) in [7, 11) is 1.57. The van der Waals surface area contributed by atoms with Crippen LogP contribution in [0.5, 0.6) is 5.75 Å². The molecule has 0 aromatic carbocycles. The van der Waals surface area contributed by atoms with Crippen molar-refractivity contribution < 1.29 is 4.74 Å². The largest absolute Gasteiger partial charge is 0.490 e. The average molecular weight is 242 g/mol. The van der Waals surface area contributed by atoms with E-state index in [1.165, 1.54) is 25.6 Å². The predicted molar refractivity (Wildman–Crippen MR) is 64.0 cm³/mol. The van der Waals surface area contributed by atoms with Crippen molar-refractivity contribution in [2.24, 2.45) is 5.92 Å². The van der Waals surface area contributed by atoms with E-state index < -0.39 is 0 Å². The van der Waals surface area contributed by atoms with Crippen LogP contribution in [0.15, 0.2) is 6.33 Å². The van der Waals surface area contributed by atoms with E-state index in [9.17, 15) is 0 Å². The summed E-state index contributed by atoms with van der Waals surface area (Å²) in [6.45, 7) is 2.15. The van der Waals surface area contributed by atoms with Gasteiger partial charge < -0.3 is 10.1 Å². The van der Waals surface area contributed by atoms with Crippen LogP contribution >= 0.6 is 11.6 Å². The highest BCUT2D eigenvalue weighted by atomic mass is 35.5. The molecule has 1 fully saturated rings. The molecule has 1 aliphatic rings. The molecule has 1 unspecified atom stereocenters. The Hall–Kier alpha value is -1.03. The number of aromatic nitrogens is 2. The molecule has 0 saturated heterocycles. The summed E-state index contributed by atoms with van der Waals surface area (Å²) in [6, 6.07) is 0.382. The molecule has 16 heavy (non-hydrogen) atoms. The van der Waals surface area contributed by atoms with Crippen molar-refractivity contribution in [1.82, 2.24) is 9.97 Å². The molecule has 1 atom stereocenters. The third-order valence-electron chi connectivity index (χ3n) is 2.73. The number of nitrogens with one attached hydrogen (secondary N) is 1. The standard InChI is InChI=1S/C11H16ClN3O/c1-7(5-8-3-4-8)15-11-9(16-2)10(12)13-6-14-11/h6-8H,3-5H2,1-2H3,(H,13,14,15). The number of halogens is 1. The van der Waals surface area contributed by atoms with Crippen LogP contribution in [-0.2, 0) is 0 Å². The monoisotopic (exact) mass is 241 g/mol. The molecule has 1 aromatic heterocycles. The maximum atomic E-state index is 5.91. The number of nitrogens with zero attached hydrogens (tertiary/aromatic N) is 2. The third-order valence-corrected chi connectivity index (χ3v) is 3.00. The van der Waals surface area contributed by atoms with Gasteiger partial charge in [0.15, 0.2) is 16.7 Å². The van der Waals surface area contributed by atoms with Crippen LogP contribution in [0.2, 0.25) is 5.15 Å². The minimum atomic E-state index is 0.346. The number of rotatable bonds is 5. The molecule has 1 heterocycles. The van der Waals surface area contributed by atoms with Crippen molar-refractivity contribution in [1.29, 1.82) is 0 Å². The minimum absolute atomic E-state index is 0.346. The normalized spacial score (nSPS) is 16.9. The lowest BCUT2D eigenvalue weighted by Gasteiger charge is -2.16. The van der Waals surface area contributed by atoms with Gasteiger partial charge in [-0.3, -0.25) is 0 Å². The highest BCUT2D eigenvalue weighted by Crippen LogP contribution is 2.35. The molecule has 0 amide bonds. The van der Waals surface area contributed by atoms with E-state index in [1.807, 2.05) is 0 Å². The summed E-state index contributed by atoms with van der Waals surface area (Å²) < 4.78 is 5.18. The van der Waals surface area contributed by atoms with Crippen LogP contribution in [0.25, 0.3) is 0 Å². The molecule has 1 aliphatic carbocycles. The number of anilines is 1. The molecule has 0 bridgehead atoms. The van der Waals surface area contributed by atoms with E-state index in [0.717, 1.165) is 5.92 Å². The fourth-order valence-electron chi connectivity index (χ4n) is 1.78. The molecule has 1 N–H and O–H groups in total. The van der Waals surface area contributed by atoms with Gasteiger partial charge >= 0.3 is 0 Å². The van der Waals surface area contributed by atoms with Gasteiger partial charge in [-0.15, -0.1) is 0 Å². The first-order chi connectivity index (χ1) is 7.70. The Bertz CT molecular complexity index is 368. The lowest BCUT2D eigenvalue weighted by molar-refractivity contribution is 0.412. The maximum absolute atomic E-state index is 5.91. The van der Waals surface area contributed by atoms with E-state index in [0.29, 0.717) is 22.8 Å². The van der Waals surface area contributed by atoms with Crippen LogP contribution in [0.1, 0.15) is 26.2 Å². The molecule has 4 nitrogen and oxygen atoms in total. The van der Waals surface area contributed by atoms with E-state index in [2.05, 4.69) is 22.2 Å². The lowest BCUT2D eigenvalue weighted by atomic mass is 10.1. The average Bonchev–Trinajstić information content (AvgIpc) is 3.02. The second-order valence-corrected chi connectivity index (χ2v) is 4.63. The minimum Gasteiger partial charge on any atom is -0.490 e. The Labute approximate surface area is 100 Å². The second-order valence-electron chi connectivity index (χ2n) is 4.27. The Kier molecular flexibility index (Phi) is 3.49. The van der Waals surface area contributed by atoms with Gasteiger partial charge in [-0.1, -0.05) is 24.4 Å². The maximum Gasteiger partial charge on any atom is 0.198 e. The molecular weight excluding hydrogens is 226 g/mol. The van der Waals surface area contributed by atoms with Gasteiger partial charge in [0.25, 0.3) is 0 Å². The number of hydrogen-bond acceptors (Lipinski definition) is 4. The molecular formula is C11H16ClN3O. The van der Waals surface area contributed by atoms with Crippen LogP contribution in [0.3, 0.4) is 0 Å². The molecule has 5 heteroatoms. The van der Waals surface area contributed by atoms with E-state index >= 15 is 0 Å². The molecule has 1 aromatic rings. The van der Waals surface area contributed by atoms with Crippen molar-refractivity contribution >= 4 is 17.4 Å². The van der Waals surface area contributed by atoms with Gasteiger partial charge in [0.1, 0.15) is 6.33 Å². The van der Waals surface area contributed by atoms with Crippen molar-refractivity contribution in [2.45, 2.75) is 32.2 Å². The Morgan fingerprint density at radius 3 is 2.94 bits per heavy atom. The van der Waals surface area contributed by atoms with Gasteiger partial charge in [-0.2, -0.15) is 0 Å². The van der Waals surface area contributed by atoms with Crippen molar-refractivity contribution in [3.8, 4) is 5.75 Å². The summed E-state index contributed by atoms with van der Waals surface area (Å²) in [5.41, 5.74) is 0. The zero-order valence-electron chi connectivity index (χ0n) is 9.53. The third kappa shape index (κ3) is 2.76. The fraction of sp³-hybridized carbons (Fsp3) is 0.636. The Morgan fingerprint density at radius 2 is 2.31 bits per heavy atom. The molecule has 0 spiro atoms. The Morgan fingerprint density at radius 1 is 1.56 bits per heavy atom. The summed E-state index contributed by atoms with van der Waals surface area (Å²) in [5, 5.41) is 3.66. The molecule has 0 radical (unpaired) electrons. The first-order valence-electron chi connectivity index (χ1n) is 5.51. The molecule has 1 saturated carbocycles. The fourth-order valence-corrected chi connectivity index (χ4v) is 1.99. The zero-order valence-corrected chi connectivity index (χ0v) is 10.3. The van der Waals surface area contributed by atoms with Crippen molar-refractivity contribution in [3.63, 3.8) is 0 Å². The van der Waals surface area contributed by atoms with Gasteiger partial charge in [0.2, 0.25) is 0 Å². The molecule has 2 rings (SSSR count). The van der Waals surface area contributed by atoms with Gasteiger partial charge in [0, 0.05) is 6.04 Å². The topological polar surface area (TPSA) is 47.0 Å². The van der Waals surface area contributed by atoms with Gasteiger partial charge in [-0.05, 0) is 19.3 Å². The van der Waals surface area contributed by atoms with Gasteiger partial charge in [0.05, 0.1) is 7.11 Å². The second kappa shape index (κ2) is 4.87. The number of methoxy groups -OCH3 is 1. The van der Waals surface area contributed by atoms with Crippen molar-refractivity contribution in [2.75, 3.05) is 12.4 Å². The van der Waals surface area contributed by atoms with Crippen molar-refractivity contribution in [3.05, 3.63) is 11.5 Å². The van der Waals surface area contributed by atoms with E-state index in [1.54, 1.807) is 7.11 Å². The summed E-state index contributed by atoms with van der Waals surface area (Å²) >= 11 is 5.91. The first kappa shape index (κ1) is 11.5.